The van der Waals surface area contributed by atoms with Crippen LogP contribution in [0.2, 0.25) is 0 Å². The van der Waals surface area contributed by atoms with Crippen molar-refractivity contribution in [1.82, 2.24) is 9.38 Å². The number of thiazole rings is 1. The highest BCUT2D eigenvalue weighted by atomic mass is 32.1. The van der Waals surface area contributed by atoms with Crippen LogP contribution in [-0.2, 0) is 0 Å². The quantitative estimate of drug-likeness (QED) is 0.292. The van der Waals surface area contributed by atoms with Gasteiger partial charge in [-0.3, -0.25) is 14.9 Å². The van der Waals surface area contributed by atoms with Crippen molar-refractivity contribution >= 4 is 39.1 Å². The van der Waals surface area contributed by atoms with Crippen LogP contribution in [0.1, 0.15) is 28.0 Å². The molecule has 0 amide bonds. The molecule has 7 nitrogen and oxygen atoms in total. The monoisotopic (exact) mass is 445 g/mol. The smallest absolute Gasteiger partial charge is 0.275 e. The van der Waals surface area contributed by atoms with Crippen molar-refractivity contribution in [3.05, 3.63) is 89.4 Å². The minimum atomic E-state index is -0.396. The van der Waals surface area contributed by atoms with E-state index in [1.54, 1.807) is 35.6 Å². The molecule has 0 N–H and O–H groups in total. The van der Waals surface area contributed by atoms with Crippen LogP contribution in [0.25, 0.3) is 33.4 Å². The third-order valence-electron chi connectivity index (χ3n) is 5.58. The van der Waals surface area contributed by atoms with Gasteiger partial charge in [-0.1, -0.05) is 17.4 Å². The molecule has 0 aliphatic carbocycles. The highest BCUT2D eigenvalue weighted by Crippen LogP contribution is 2.31. The number of rotatable bonds is 3. The summed E-state index contributed by atoms with van der Waals surface area (Å²) in [5, 5.41) is 11.3. The van der Waals surface area contributed by atoms with E-state index in [0.29, 0.717) is 32.1 Å². The fraction of sp³-hybridized carbons (Fsp3) is 0.167. The van der Waals surface area contributed by atoms with E-state index in [4.69, 9.17) is 4.42 Å². The van der Waals surface area contributed by atoms with Crippen LogP contribution in [-0.4, -0.2) is 14.3 Å². The Morgan fingerprint density at radius 2 is 1.84 bits per heavy atom. The third-order valence-corrected chi connectivity index (χ3v) is 6.55. The molecule has 0 saturated heterocycles. The lowest BCUT2D eigenvalue weighted by atomic mass is 10.0. The van der Waals surface area contributed by atoms with E-state index in [1.807, 2.05) is 26.8 Å². The molecule has 3 aromatic heterocycles. The van der Waals surface area contributed by atoms with Crippen LogP contribution in [0, 0.1) is 37.8 Å². The molecule has 2 aromatic carbocycles. The van der Waals surface area contributed by atoms with E-state index >= 15 is 0 Å². The zero-order chi connectivity index (χ0) is 22.7. The van der Waals surface area contributed by atoms with Gasteiger partial charge in [-0.25, -0.2) is 9.38 Å². The Morgan fingerprint density at radius 1 is 1.06 bits per heavy atom. The second-order valence-electron chi connectivity index (χ2n) is 8.01. The van der Waals surface area contributed by atoms with Gasteiger partial charge in [-0.05, 0) is 68.7 Å². The van der Waals surface area contributed by atoms with Gasteiger partial charge in [0.15, 0.2) is 4.96 Å². The molecule has 5 aromatic rings. The summed E-state index contributed by atoms with van der Waals surface area (Å²) in [6.07, 6.45) is 1.69. The Kier molecular flexibility index (Phi) is 4.49. The highest BCUT2D eigenvalue weighted by molar-refractivity contribution is 7.15. The van der Waals surface area contributed by atoms with Crippen molar-refractivity contribution in [2.45, 2.75) is 27.7 Å². The summed E-state index contributed by atoms with van der Waals surface area (Å²) in [5.74, 6) is 1.02. The number of aromatic nitrogens is 2. The number of nitro groups is 1. The molecule has 8 heteroatoms. The summed E-state index contributed by atoms with van der Waals surface area (Å²) in [6, 6.07) is 10.9. The fourth-order valence-corrected chi connectivity index (χ4v) is 5.08. The largest absolute Gasteiger partial charge is 0.457 e. The van der Waals surface area contributed by atoms with Crippen molar-refractivity contribution < 1.29 is 9.34 Å². The van der Waals surface area contributed by atoms with Gasteiger partial charge in [0.05, 0.1) is 16.0 Å². The van der Waals surface area contributed by atoms with E-state index < -0.39 is 4.92 Å². The molecule has 32 heavy (non-hydrogen) atoms. The Bertz CT molecular complexity index is 1670. The normalized spacial score (nSPS) is 12.3. The van der Waals surface area contributed by atoms with Crippen LogP contribution in [0.15, 0.2) is 45.6 Å². The molecule has 0 spiro atoms. The second kappa shape index (κ2) is 7.13. The summed E-state index contributed by atoms with van der Waals surface area (Å²) in [5.41, 5.74) is 5.80. The number of nitrogens with zero attached hydrogens (tertiary/aromatic N) is 3. The van der Waals surface area contributed by atoms with Crippen LogP contribution in [0.4, 0.5) is 5.69 Å². The van der Waals surface area contributed by atoms with Gasteiger partial charge in [0.1, 0.15) is 16.1 Å². The summed E-state index contributed by atoms with van der Waals surface area (Å²) < 4.78 is 8.10. The SMILES string of the molecule is Cc1cc(C)c2nc3s/c(=C\c4ccc(-c5cc([N+](=O)[O-])c(C)cc5C)o4)c(=O)n3c2c1. The molecule has 0 aliphatic heterocycles. The molecule has 0 fully saturated rings. The molecule has 0 aliphatic rings. The lowest BCUT2D eigenvalue weighted by Gasteiger charge is -2.05. The van der Waals surface area contributed by atoms with Crippen molar-refractivity contribution in [1.29, 1.82) is 0 Å². The second-order valence-corrected chi connectivity index (χ2v) is 9.02. The molecule has 0 saturated carbocycles. The van der Waals surface area contributed by atoms with Gasteiger partial charge < -0.3 is 4.42 Å². The van der Waals surface area contributed by atoms with Gasteiger partial charge >= 0.3 is 0 Å². The minimum absolute atomic E-state index is 0.0475. The molecule has 3 heterocycles. The number of hydrogen-bond donors (Lipinski definition) is 0. The Morgan fingerprint density at radius 3 is 2.59 bits per heavy atom. The number of hydrogen-bond acceptors (Lipinski definition) is 6. The highest BCUT2D eigenvalue weighted by Gasteiger charge is 2.17. The minimum Gasteiger partial charge on any atom is -0.457 e. The first kappa shape index (κ1) is 20.1. The van der Waals surface area contributed by atoms with E-state index in [1.165, 1.54) is 17.4 Å². The zero-order valence-electron chi connectivity index (χ0n) is 17.9. The molecular formula is C24H19N3O4S. The number of nitro benzene ring substituents is 1. The summed E-state index contributed by atoms with van der Waals surface area (Å²) in [7, 11) is 0. The van der Waals surface area contributed by atoms with Crippen molar-refractivity contribution in [2.24, 2.45) is 0 Å². The summed E-state index contributed by atoms with van der Waals surface area (Å²) in [4.78, 5) is 29.3. The van der Waals surface area contributed by atoms with E-state index in [-0.39, 0.29) is 11.2 Å². The lowest BCUT2D eigenvalue weighted by Crippen LogP contribution is -2.22. The van der Waals surface area contributed by atoms with Crippen molar-refractivity contribution in [3.8, 4) is 11.3 Å². The van der Waals surface area contributed by atoms with Gasteiger partial charge in [0.25, 0.3) is 11.2 Å². The molecule has 5 rings (SSSR count). The lowest BCUT2D eigenvalue weighted by molar-refractivity contribution is -0.385. The number of aryl methyl sites for hydroxylation is 4. The maximum absolute atomic E-state index is 13.1. The first-order valence-corrected chi connectivity index (χ1v) is 10.8. The number of benzene rings is 2. The first-order chi connectivity index (χ1) is 15.2. The molecular weight excluding hydrogens is 426 g/mol. The van der Waals surface area contributed by atoms with Gasteiger partial charge in [0.2, 0.25) is 0 Å². The number of imidazole rings is 1. The molecule has 0 bridgehead atoms. The molecule has 0 atom stereocenters. The van der Waals surface area contributed by atoms with Gasteiger partial charge in [0, 0.05) is 23.3 Å². The number of fused-ring (bicyclic) bond motifs is 3. The van der Waals surface area contributed by atoms with Gasteiger partial charge in [-0.15, -0.1) is 0 Å². The zero-order valence-corrected chi connectivity index (χ0v) is 18.7. The topological polar surface area (TPSA) is 90.7 Å². The van der Waals surface area contributed by atoms with Crippen LogP contribution >= 0.6 is 11.3 Å². The summed E-state index contributed by atoms with van der Waals surface area (Å²) in [6.45, 7) is 7.59. The van der Waals surface area contributed by atoms with Crippen LogP contribution in [0.3, 0.4) is 0 Å². The fourth-order valence-electron chi connectivity index (χ4n) is 4.12. The van der Waals surface area contributed by atoms with Gasteiger partial charge in [-0.2, -0.15) is 0 Å². The Balaban J connectivity index is 1.62. The van der Waals surface area contributed by atoms with E-state index in [0.717, 1.165) is 27.7 Å². The van der Waals surface area contributed by atoms with Crippen molar-refractivity contribution in [2.75, 3.05) is 0 Å². The van der Waals surface area contributed by atoms with E-state index in [2.05, 4.69) is 11.1 Å². The average Bonchev–Trinajstić information content (AvgIpc) is 3.38. The molecule has 0 unspecified atom stereocenters. The maximum atomic E-state index is 13.1. The standard InChI is InChI=1S/C24H19N3O4S/c1-12-7-15(4)22-19(8-12)26-23(28)21(32-24(26)25-22)10-16-5-6-20(31-16)17-11-18(27(29)30)14(3)9-13(17)2/h5-11H,1-4H3/b21-10-. The third kappa shape index (κ3) is 3.11. The molecule has 0 radical (unpaired) electrons. The maximum Gasteiger partial charge on any atom is 0.275 e. The average molecular weight is 446 g/mol. The summed E-state index contributed by atoms with van der Waals surface area (Å²) >= 11 is 1.31. The first-order valence-electron chi connectivity index (χ1n) is 10.0. The van der Waals surface area contributed by atoms with Crippen LogP contribution < -0.4 is 10.1 Å². The van der Waals surface area contributed by atoms with Crippen LogP contribution in [0.5, 0.6) is 0 Å². The predicted octanol–water partition coefficient (Wildman–Crippen LogP) is 4.86. The Hall–Kier alpha value is -3.78. The van der Waals surface area contributed by atoms with Crippen molar-refractivity contribution in [3.63, 3.8) is 0 Å². The predicted molar refractivity (Wildman–Crippen MR) is 125 cm³/mol. The number of furan rings is 1. The van der Waals surface area contributed by atoms with E-state index in [9.17, 15) is 14.9 Å². The molecule has 160 valence electrons. The Labute approximate surface area is 186 Å².